The average Bonchev–Trinajstić information content (AvgIpc) is 2.47. The summed E-state index contributed by atoms with van der Waals surface area (Å²) < 4.78 is 0. The Morgan fingerprint density at radius 2 is 1.76 bits per heavy atom. The van der Waals surface area contributed by atoms with Crippen LogP contribution in [0.3, 0.4) is 0 Å². The first kappa shape index (κ1) is 15.5. The molecule has 1 saturated heterocycles. The lowest BCUT2D eigenvalue weighted by atomic mass is 10.2. The summed E-state index contributed by atoms with van der Waals surface area (Å²) >= 11 is 0. The van der Waals surface area contributed by atoms with Crippen LogP contribution in [0.15, 0.2) is 30.3 Å². The minimum atomic E-state index is -0.442. The molecule has 1 aliphatic heterocycles. The number of nitrogens with one attached hydrogen (secondary N) is 1. The van der Waals surface area contributed by atoms with Gasteiger partial charge in [0.1, 0.15) is 6.04 Å². The SMILES string of the molecule is CC(=O)N[C@@H](C)C(=O)N1CCN(Cc2ccccc2)CC1. The fourth-order valence-corrected chi connectivity index (χ4v) is 2.61. The van der Waals surface area contributed by atoms with Crippen molar-refractivity contribution in [2.45, 2.75) is 26.4 Å². The van der Waals surface area contributed by atoms with E-state index in [9.17, 15) is 9.59 Å². The van der Waals surface area contributed by atoms with Gasteiger partial charge in [-0.05, 0) is 12.5 Å². The van der Waals surface area contributed by atoms with Crippen LogP contribution in [0.5, 0.6) is 0 Å². The lowest BCUT2D eigenvalue weighted by Crippen LogP contribution is -2.53. The van der Waals surface area contributed by atoms with Crippen LogP contribution in [0.25, 0.3) is 0 Å². The maximum Gasteiger partial charge on any atom is 0.244 e. The molecule has 1 atom stereocenters. The van der Waals surface area contributed by atoms with E-state index >= 15 is 0 Å². The van der Waals surface area contributed by atoms with Crippen LogP contribution in [0.1, 0.15) is 19.4 Å². The summed E-state index contributed by atoms with van der Waals surface area (Å²) in [6, 6.07) is 9.91. The Morgan fingerprint density at radius 3 is 2.33 bits per heavy atom. The molecule has 1 aliphatic rings. The van der Waals surface area contributed by atoms with Crippen molar-refractivity contribution in [2.75, 3.05) is 26.2 Å². The van der Waals surface area contributed by atoms with E-state index in [1.807, 2.05) is 23.1 Å². The molecule has 0 spiro atoms. The molecule has 1 heterocycles. The van der Waals surface area contributed by atoms with E-state index in [0.717, 1.165) is 32.7 Å². The van der Waals surface area contributed by atoms with Crippen molar-refractivity contribution in [2.24, 2.45) is 0 Å². The summed E-state index contributed by atoms with van der Waals surface area (Å²) in [5, 5.41) is 2.65. The molecule has 1 N–H and O–H groups in total. The Hall–Kier alpha value is -1.88. The molecule has 21 heavy (non-hydrogen) atoms. The molecule has 1 fully saturated rings. The van der Waals surface area contributed by atoms with Crippen molar-refractivity contribution in [3.05, 3.63) is 35.9 Å². The first-order chi connectivity index (χ1) is 10.1. The van der Waals surface area contributed by atoms with E-state index < -0.39 is 6.04 Å². The number of rotatable bonds is 4. The standard InChI is InChI=1S/C16H23N3O2/c1-13(17-14(2)20)16(21)19-10-8-18(9-11-19)12-15-6-4-3-5-7-15/h3-7,13H,8-12H2,1-2H3,(H,17,20)/t13-/m0/s1. The number of hydrogen-bond donors (Lipinski definition) is 1. The molecule has 0 aliphatic carbocycles. The van der Waals surface area contributed by atoms with Gasteiger partial charge in [-0.3, -0.25) is 14.5 Å². The monoisotopic (exact) mass is 289 g/mol. The molecular formula is C16H23N3O2. The molecule has 0 saturated carbocycles. The third-order valence-electron chi connectivity index (χ3n) is 3.72. The van der Waals surface area contributed by atoms with Gasteiger partial charge >= 0.3 is 0 Å². The van der Waals surface area contributed by atoms with Gasteiger partial charge in [-0.15, -0.1) is 0 Å². The summed E-state index contributed by atoms with van der Waals surface area (Å²) in [4.78, 5) is 27.4. The maximum absolute atomic E-state index is 12.2. The third kappa shape index (κ3) is 4.56. The van der Waals surface area contributed by atoms with Gasteiger partial charge in [0.2, 0.25) is 11.8 Å². The Bertz CT molecular complexity index is 482. The second kappa shape index (κ2) is 7.22. The summed E-state index contributed by atoms with van der Waals surface area (Å²) in [5.41, 5.74) is 1.30. The molecule has 0 aromatic heterocycles. The highest BCUT2D eigenvalue weighted by Crippen LogP contribution is 2.09. The lowest BCUT2D eigenvalue weighted by Gasteiger charge is -2.36. The number of carbonyl (C=O) groups excluding carboxylic acids is 2. The van der Waals surface area contributed by atoms with Crippen LogP contribution >= 0.6 is 0 Å². The molecule has 114 valence electrons. The topological polar surface area (TPSA) is 52.7 Å². The van der Waals surface area contributed by atoms with Crippen LogP contribution in [-0.4, -0.2) is 53.8 Å². The van der Waals surface area contributed by atoms with Gasteiger partial charge in [0.25, 0.3) is 0 Å². The van der Waals surface area contributed by atoms with Gasteiger partial charge in [-0.1, -0.05) is 30.3 Å². The molecule has 1 aromatic carbocycles. The summed E-state index contributed by atoms with van der Waals surface area (Å²) in [6.45, 7) is 7.26. The number of benzene rings is 1. The van der Waals surface area contributed by atoms with Crippen LogP contribution < -0.4 is 5.32 Å². The van der Waals surface area contributed by atoms with E-state index in [0.29, 0.717) is 0 Å². The third-order valence-corrected chi connectivity index (χ3v) is 3.72. The Balaban J connectivity index is 1.80. The molecule has 0 unspecified atom stereocenters. The number of carbonyl (C=O) groups is 2. The second-order valence-electron chi connectivity index (χ2n) is 5.51. The van der Waals surface area contributed by atoms with E-state index in [-0.39, 0.29) is 11.8 Å². The summed E-state index contributed by atoms with van der Waals surface area (Å²) in [7, 11) is 0. The van der Waals surface area contributed by atoms with Gasteiger partial charge in [-0.25, -0.2) is 0 Å². The quantitative estimate of drug-likeness (QED) is 0.894. The molecule has 5 nitrogen and oxygen atoms in total. The molecule has 2 rings (SSSR count). The number of hydrogen-bond acceptors (Lipinski definition) is 3. The second-order valence-corrected chi connectivity index (χ2v) is 5.51. The fraction of sp³-hybridized carbons (Fsp3) is 0.500. The molecular weight excluding hydrogens is 266 g/mol. The predicted molar refractivity (Wildman–Crippen MR) is 81.6 cm³/mol. The summed E-state index contributed by atoms with van der Waals surface area (Å²) in [6.07, 6.45) is 0. The Morgan fingerprint density at radius 1 is 1.14 bits per heavy atom. The molecule has 0 radical (unpaired) electrons. The number of piperazine rings is 1. The van der Waals surface area contributed by atoms with Gasteiger partial charge in [0, 0.05) is 39.6 Å². The Kier molecular flexibility index (Phi) is 5.33. The zero-order valence-electron chi connectivity index (χ0n) is 12.7. The van der Waals surface area contributed by atoms with Crippen molar-refractivity contribution < 1.29 is 9.59 Å². The zero-order valence-corrected chi connectivity index (χ0v) is 12.7. The zero-order chi connectivity index (χ0) is 15.2. The molecule has 0 bridgehead atoms. The number of amides is 2. The average molecular weight is 289 g/mol. The highest BCUT2D eigenvalue weighted by atomic mass is 16.2. The summed E-state index contributed by atoms with van der Waals surface area (Å²) in [5.74, 6) is -0.164. The molecule has 2 amide bonds. The Labute approximate surface area is 125 Å². The van der Waals surface area contributed by atoms with Gasteiger partial charge in [0.15, 0.2) is 0 Å². The van der Waals surface area contributed by atoms with E-state index in [1.54, 1.807) is 6.92 Å². The van der Waals surface area contributed by atoms with Crippen molar-refractivity contribution >= 4 is 11.8 Å². The van der Waals surface area contributed by atoms with Crippen LogP contribution in [0, 0.1) is 0 Å². The first-order valence-electron chi connectivity index (χ1n) is 7.38. The van der Waals surface area contributed by atoms with Crippen molar-refractivity contribution in [3.63, 3.8) is 0 Å². The fourth-order valence-electron chi connectivity index (χ4n) is 2.61. The van der Waals surface area contributed by atoms with E-state index in [1.165, 1.54) is 12.5 Å². The van der Waals surface area contributed by atoms with Gasteiger partial charge in [0.05, 0.1) is 0 Å². The van der Waals surface area contributed by atoms with Crippen LogP contribution in [-0.2, 0) is 16.1 Å². The van der Waals surface area contributed by atoms with Crippen LogP contribution in [0.4, 0.5) is 0 Å². The van der Waals surface area contributed by atoms with Crippen molar-refractivity contribution in [1.82, 2.24) is 15.1 Å². The normalized spacial score (nSPS) is 17.3. The van der Waals surface area contributed by atoms with Gasteiger partial charge in [-0.2, -0.15) is 0 Å². The van der Waals surface area contributed by atoms with Crippen LogP contribution in [0.2, 0.25) is 0 Å². The number of nitrogens with zero attached hydrogens (tertiary/aromatic N) is 2. The largest absolute Gasteiger partial charge is 0.345 e. The van der Waals surface area contributed by atoms with Crippen molar-refractivity contribution in [3.8, 4) is 0 Å². The van der Waals surface area contributed by atoms with Gasteiger partial charge < -0.3 is 10.2 Å². The van der Waals surface area contributed by atoms with Crippen molar-refractivity contribution in [1.29, 1.82) is 0 Å². The highest BCUT2D eigenvalue weighted by molar-refractivity contribution is 5.86. The lowest BCUT2D eigenvalue weighted by molar-refractivity contribution is -0.137. The smallest absolute Gasteiger partial charge is 0.244 e. The molecule has 1 aromatic rings. The predicted octanol–water partition coefficient (Wildman–Crippen LogP) is 0.855. The first-order valence-corrected chi connectivity index (χ1v) is 7.38. The van der Waals surface area contributed by atoms with E-state index in [2.05, 4.69) is 22.3 Å². The van der Waals surface area contributed by atoms with E-state index in [4.69, 9.17) is 0 Å². The maximum atomic E-state index is 12.2. The highest BCUT2D eigenvalue weighted by Gasteiger charge is 2.25. The minimum Gasteiger partial charge on any atom is -0.345 e. The molecule has 5 heteroatoms. The minimum absolute atomic E-state index is 0.00422.